The molecule has 1 aromatic carbocycles. The number of aliphatic hydroxyl groups excluding tert-OH is 1. The molecule has 186 valence electrons. The lowest BCUT2D eigenvalue weighted by Gasteiger charge is -2.33. The van der Waals surface area contributed by atoms with E-state index in [-0.39, 0.29) is 6.42 Å². The van der Waals surface area contributed by atoms with Gasteiger partial charge in [0.2, 0.25) is 0 Å². The van der Waals surface area contributed by atoms with Crippen LogP contribution in [0.15, 0.2) is 71.9 Å². The number of hydrogen-bond acceptors (Lipinski definition) is 5. The fourth-order valence-corrected chi connectivity index (χ4v) is 5.16. The Kier molecular flexibility index (Phi) is 7.54. The molecule has 2 aliphatic carbocycles. The van der Waals surface area contributed by atoms with E-state index in [0.29, 0.717) is 12.8 Å². The third-order valence-corrected chi connectivity index (χ3v) is 7.16. The van der Waals surface area contributed by atoms with Crippen LogP contribution in [0.5, 0.6) is 0 Å². The molecule has 0 radical (unpaired) electrons. The largest absolute Gasteiger partial charge is 0.481 e. The molecular weight excluding hydrogens is 450 g/mol. The van der Waals surface area contributed by atoms with Gasteiger partial charge in [-0.05, 0) is 73.8 Å². The van der Waals surface area contributed by atoms with Crippen molar-refractivity contribution in [2.24, 2.45) is 0 Å². The minimum Gasteiger partial charge on any atom is -0.481 e. The van der Waals surface area contributed by atoms with Gasteiger partial charge < -0.3 is 10.2 Å². The second-order valence-corrected chi connectivity index (χ2v) is 9.72. The van der Waals surface area contributed by atoms with Crippen LogP contribution in [-0.2, 0) is 11.2 Å². The molecule has 1 atom stereocenters. The van der Waals surface area contributed by atoms with E-state index >= 15 is 0 Å². The molecule has 6 heteroatoms. The van der Waals surface area contributed by atoms with E-state index in [4.69, 9.17) is 15.1 Å². The molecule has 2 heterocycles. The highest BCUT2D eigenvalue weighted by Crippen LogP contribution is 2.31. The van der Waals surface area contributed by atoms with E-state index in [2.05, 4.69) is 47.4 Å². The first-order chi connectivity index (χ1) is 17.6. The van der Waals surface area contributed by atoms with Gasteiger partial charge in [0, 0.05) is 19.5 Å². The number of allylic oxidation sites excluding steroid dienone is 7. The van der Waals surface area contributed by atoms with E-state index < -0.39 is 12.2 Å². The number of aliphatic hydroxyl groups is 1. The molecular formula is C30H33N3O3. The highest BCUT2D eigenvalue weighted by atomic mass is 16.4. The van der Waals surface area contributed by atoms with Gasteiger partial charge in [0.15, 0.2) is 0 Å². The van der Waals surface area contributed by atoms with E-state index in [9.17, 15) is 9.90 Å². The predicted molar refractivity (Wildman–Crippen MR) is 142 cm³/mol. The average molecular weight is 484 g/mol. The van der Waals surface area contributed by atoms with Crippen molar-refractivity contribution in [1.29, 1.82) is 0 Å². The number of fused-ring (bicyclic) bond motifs is 1. The van der Waals surface area contributed by atoms with Gasteiger partial charge in [0.05, 0.1) is 22.4 Å². The normalized spacial score (nSPS) is 18.8. The van der Waals surface area contributed by atoms with Crippen molar-refractivity contribution in [3.8, 4) is 0 Å². The van der Waals surface area contributed by atoms with E-state index in [1.807, 2.05) is 18.2 Å². The van der Waals surface area contributed by atoms with E-state index in [1.165, 1.54) is 11.1 Å². The van der Waals surface area contributed by atoms with Crippen molar-refractivity contribution in [2.45, 2.75) is 57.6 Å². The second kappa shape index (κ2) is 11.1. The van der Waals surface area contributed by atoms with Crippen LogP contribution >= 0.6 is 0 Å². The monoisotopic (exact) mass is 483 g/mol. The molecule has 0 saturated heterocycles. The number of carbonyl (C=O) groups is 1. The van der Waals surface area contributed by atoms with Gasteiger partial charge in [-0.3, -0.25) is 9.69 Å². The Morgan fingerprint density at radius 3 is 2.81 bits per heavy atom. The predicted octanol–water partition coefficient (Wildman–Crippen LogP) is 5.67. The van der Waals surface area contributed by atoms with Gasteiger partial charge in [0.1, 0.15) is 6.23 Å². The summed E-state index contributed by atoms with van der Waals surface area (Å²) in [5.41, 5.74) is 7.99. The van der Waals surface area contributed by atoms with Gasteiger partial charge in [-0.1, -0.05) is 54.2 Å². The van der Waals surface area contributed by atoms with Crippen LogP contribution in [0.2, 0.25) is 0 Å². The van der Waals surface area contributed by atoms with Crippen molar-refractivity contribution in [2.75, 3.05) is 13.1 Å². The lowest BCUT2D eigenvalue weighted by atomic mass is 9.97. The van der Waals surface area contributed by atoms with Crippen LogP contribution in [0.1, 0.15) is 68.1 Å². The number of aromatic nitrogens is 2. The first-order valence-corrected chi connectivity index (χ1v) is 12.9. The number of nitrogens with zero attached hydrogens (tertiary/aromatic N) is 3. The molecule has 1 unspecified atom stereocenters. The second-order valence-electron chi connectivity index (χ2n) is 9.72. The summed E-state index contributed by atoms with van der Waals surface area (Å²) in [6.07, 6.45) is 20.4. The highest BCUT2D eigenvalue weighted by Gasteiger charge is 2.24. The van der Waals surface area contributed by atoms with Crippen LogP contribution in [0.25, 0.3) is 16.6 Å². The standard InChI is InChI=1S/C30H33N3O3/c34-28(35)14-8-7-13-26-29(22-10-4-2-5-11-22)32-25-16-15-23(19-27(25)31-26)30(36)33-18-17-21-9-3-1-6-12-24(21)20-33/h1,3-4,6,10-12,15-16,19,30,36H,2,5,7-9,13-14,17-18,20H2,(H,34,35). The van der Waals surface area contributed by atoms with Crippen molar-refractivity contribution in [1.82, 2.24) is 14.9 Å². The Hall–Kier alpha value is -3.35. The maximum absolute atomic E-state index is 11.3. The van der Waals surface area contributed by atoms with Gasteiger partial charge >= 0.3 is 5.97 Å². The Bertz CT molecular complexity index is 1300. The third-order valence-electron chi connectivity index (χ3n) is 7.16. The van der Waals surface area contributed by atoms with Crippen LogP contribution in [0.3, 0.4) is 0 Å². The number of carboxylic acids is 1. The highest BCUT2D eigenvalue weighted by molar-refractivity contribution is 5.81. The number of rotatable bonds is 8. The molecule has 6 nitrogen and oxygen atoms in total. The SMILES string of the molecule is O=C(O)CCCCc1nc2cc(C(O)N3CCC4=C(C=CC=CC4)C3)ccc2nc1C1=CCCC=C1. The number of aryl methyl sites for hydroxylation is 1. The van der Waals surface area contributed by atoms with Crippen molar-refractivity contribution in [3.05, 3.63) is 88.8 Å². The zero-order valence-corrected chi connectivity index (χ0v) is 20.6. The Balaban J connectivity index is 1.41. The molecule has 0 amide bonds. The molecule has 1 aromatic heterocycles. The fourth-order valence-electron chi connectivity index (χ4n) is 5.16. The minimum absolute atomic E-state index is 0.161. The molecule has 2 aromatic rings. The van der Waals surface area contributed by atoms with Crippen molar-refractivity contribution in [3.63, 3.8) is 0 Å². The molecule has 1 aliphatic heterocycles. The first kappa shape index (κ1) is 24.3. The zero-order chi connectivity index (χ0) is 24.9. The number of benzene rings is 1. The molecule has 0 saturated carbocycles. The average Bonchev–Trinajstić information content (AvgIpc) is 3.15. The van der Waals surface area contributed by atoms with Crippen LogP contribution in [0, 0.1) is 0 Å². The number of carboxylic acid groups (broad SMARTS) is 1. The lowest BCUT2D eigenvalue weighted by Crippen LogP contribution is -2.35. The van der Waals surface area contributed by atoms with E-state index in [0.717, 1.165) is 78.8 Å². The van der Waals surface area contributed by atoms with Gasteiger partial charge in [-0.2, -0.15) is 0 Å². The number of unbranched alkanes of at least 4 members (excludes halogenated alkanes) is 1. The molecule has 5 rings (SSSR count). The maximum atomic E-state index is 11.3. The summed E-state index contributed by atoms with van der Waals surface area (Å²) >= 11 is 0. The van der Waals surface area contributed by atoms with Crippen molar-refractivity contribution < 1.29 is 15.0 Å². The zero-order valence-electron chi connectivity index (χ0n) is 20.6. The molecule has 0 bridgehead atoms. The van der Waals surface area contributed by atoms with Gasteiger partial charge in [-0.15, -0.1) is 0 Å². The molecule has 36 heavy (non-hydrogen) atoms. The summed E-state index contributed by atoms with van der Waals surface area (Å²) in [5, 5.41) is 20.3. The van der Waals surface area contributed by atoms with Crippen LogP contribution in [-0.4, -0.2) is 44.1 Å². The Labute approximate surface area is 212 Å². The smallest absolute Gasteiger partial charge is 0.303 e. The molecule has 3 aliphatic rings. The summed E-state index contributed by atoms with van der Waals surface area (Å²) in [6.45, 7) is 1.55. The van der Waals surface area contributed by atoms with Crippen LogP contribution in [0.4, 0.5) is 0 Å². The molecule has 2 N–H and O–H groups in total. The summed E-state index contributed by atoms with van der Waals surface area (Å²) < 4.78 is 0. The Morgan fingerprint density at radius 1 is 1.06 bits per heavy atom. The summed E-state index contributed by atoms with van der Waals surface area (Å²) in [7, 11) is 0. The first-order valence-electron chi connectivity index (χ1n) is 12.9. The van der Waals surface area contributed by atoms with Gasteiger partial charge in [0.25, 0.3) is 0 Å². The Morgan fingerprint density at radius 2 is 1.97 bits per heavy atom. The number of aliphatic carboxylic acids is 1. The summed E-state index contributed by atoms with van der Waals surface area (Å²) in [6, 6.07) is 5.87. The van der Waals surface area contributed by atoms with Crippen LogP contribution < -0.4 is 0 Å². The summed E-state index contributed by atoms with van der Waals surface area (Å²) in [5.74, 6) is -0.771. The third kappa shape index (κ3) is 5.55. The lowest BCUT2D eigenvalue weighted by molar-refractivity contribution is -0.137. The van der Waals surface area contributed by atoms with Crippen molar-refractivity contribution >= 4 is 22.6 Å². The fraction of sp³-hybridized carbons (Fsp3) is 0.367. The topological polar surface area (TPSA) is 86.5 Å². The maximum Gasteiger partial charge on any atom is 0.303 e. The quantitative estimate of drug-likeness (QED) is 0.471. The molecule has 0 spiro atoms. The summed E-state index contributed by atoms with van der Waals surface area (Å²) in [4.78, 5) is 23.0. The van der Waals surface area contributed by atoms with E-state index in [1.54, 1.807) is 0 Å². The molecule has 0 fully saturated rings. The number of hydrogen-bond donors (Lipinski definition) is 2. The van der Waals surface area contributed by atoms with Gasteiger partial charge in [-0.25, -0.2) is 9.97 Å². The minimum atomic E-state index is -0.771.